The molecule has 4 heteroatoms. The summed E-state index contributed by atoms with van der Waals surface area (Å²) in [6.45, 7) is 2.86. The van der Waals surface area contributed by atoms with E-state index in [1.54, 1.807) is 4.90 Å². The number of aliphatic hydroxyl groups excluding tert-OH is 2. The summed E-state index contributed by atoms with van der Waals surface area (Å²) in [4.78, 5) is 13.5. The maximum atomic E-state index is 12.0. The zero-order chi connectivity index (χ0) is 19.3. The Bertz CT molecular complexity index is 291. The second-order valence-electron chi connectivity index (χ2n) is 7.53. The van der Waals surface area contributed by atoms with Gasteiger partial charge in [0.25, 0.3) is 0 Å². The van der Waals surface area contributed by atoms with Gasteiger partial charge in [0.05, 0.1) is 13.2 Å². The minimum atomic E-state index is -0.0371. The first-order valence-corrected chi connectivity index (χ1v) is 11.3. The Morgan fingerprint density at radius 2 is 0.962 bits per heavy atom. The highest BCUT2D eigenvalue weighted by Crippen LogP contribution is 2.14. The second-order valence-corrected chi connectivity index (χ2v) is 7.53. The van der Waals surface area contributed by atoms with Crippen LogP contribution >= 0.6 is 0 Å². The number of nitrogens with zero attached hydrogens (tertiary/aromatic N) is 1. The van der Waals surface area contributed by atoms with Gasteiger partial charge in [0.1, 0.15) is 0 Å². The Hall–Kier alpha value is -0.610. The molecule has 0 aromatic carbocycles. The Morgan fingerprint density at radius 1 is 0.615 bits per heavy atom. The van der Waals surface area contributed by atoms with E-state index < -0.39 is 0 Å². The second kappa shape index (κ2) is 20.7. The number of carbonyl (C=O) groups is 1. The van der Waals surface area contributed by atoms with Crippen molar-refractivity contribution in [2.45, 2.75) is 110 Å². The van der Waals surface area contributed by atoms with Crippen molar-refractivity contribution in [1.82, 2.24) is 4.90 Å². The van der Waals surface area contributed by atoms with Crippen molar-refractivity contribution < 1.29 is 15.0 Å². The molecular weight excluding hydrogens is 326 g/mol. The molecule has 2 N–H and O–H groups in total. The summed E-state index contributed by atoms with van der Waals surface area (Å²) >= 11 is 0. The molecule has 26 heavy (non-hydrogen) atoms. The van der Waals surface area contributed by atoms with Gasteiger partial charge < -0.3 is 15.1 Å². The monoisotopic (exact) mass is 371 g/mol. The molecular formula is C22H45NO3. The van der Waals surface area contributed by atoms with Gasteiger partial charge >= 0.3 is 0 Å². The smallest absolute Gasteiger partial charge is 0.222 e. The number of unbranched alkanes of at least 4 members (excludes halogenated alkanes) is 14. The lowest BCUT2D eigenvalue weighted by molar-refractivity contribution is -0.132. The molecule has 0 saturated carbocycles. The van der Waals surface area contributed by atoms with E-state index in [-0.39, 0.29) is 19.1 Å². The quantitative estimate of drug-likeness (QED) is 0.294. The molecule has 0 aromatic rings. The molecule has 4 nitrogen and oxygen atoms in total. The first-order chi connectivity index (χ1) is 12.8. The first kappa shape index (κ1) is 25.4. The van der Waals surface area contributed by atoms with Crippen LogP contribution in [0.4, 0.5) is 0 Å². The molecule has 1 amide bonds. The summed E-state index contributed by atoms with van der Waals surface area (Å²) in [6, 6.07) is 0. The van der Waals surface area contributed by atoms with E-state index in [1.807, 2.05) is 0 Å². The molecule has 0 heterocycles. The van der Waals surface area contributed by atoms with Gasteiger partial charge in [-0.2, -0.15) is 0 Å². The summed E-state index contributed by atoms with van der Waals surface area (Å²) in [7, 11) is 0. The normalized spacial score (nSPS) is 11.0. The minimum absolute atomic E-state index is 0.0371. The van der Waals surface area contributed by atoms with Crippen molar-refractivity contribution in [2.24, 2.45) is 0 Å². The number of aliphatic hydroxyl groups is 2. The van der Waals surface area contributed by atoms with Crippen LogP contribution in [0, 0.1) is 0 Å². The van der Waals surface area contributed by atoms with Gasteiger partial charge in [-0.25, -0.2) is 0 Å². The van der Waals surface area contributed by atoms with Crippen LogP contribution in [0.3, 0.4) is 0 Å². The van der Waals surface area contributed by atoms with E-state index in [0.717, 1.165) is 12.8 Å². The van der Waals surface area contributed by atoms with Crippen LogP contribution in [0.5, 0.6) is 0 Å². The number of amides is 1. The summed E-state index contributed by atoms with van der Waals surface area (Å²) in [5, 5.41) is 17.9. The van der Waals surface area contributed by atoms with Crippen molar-refractivity contribution in [2.75, 3.05) is 26.3 Å². The average Bonchev–Trinajstić information content (AvgIpc) is 2.64. The van der Waals surface area contributed by atoms with Crippen molar-refractivity contribution >= 4 is 5.91 Å². The standard InChI is InChI=1S/C22H45NO3/c1-2-3-4-5-6-7-8-9-10-11-12-13-14-15-16-17-22(26)23(18-20-24)19-21-25/h24-25H,2-21H2,1H3. The van der Waals surface area contributed by atoms with E-state index in [9.17, 15) is 4.79 Å². The van der Waals surface area contributed by atoms with Crippen molar-refractivity contribution in [3.8, 4) is 0 Å². The summed E-state index contributed by atoms with van der Waals surface area (Å²) < 4.78 is 0. The maximum absolute atomic E-state index is 12.0. The van der Waals surface area contributed by atoms with Crippen LogP contribution in [0.1, 0.15) is 110 Å². The average molecular weight is 372 g/mol. The molecule has 0 spiro atoms. The van der Waals surface area contributed by atoms with Gasteiger partial charge in [-0.3, -0.25) is 4.79 Å². The molecule has 0 saturated heterocycles. The van der Waals surface area contributed by atoms with E-state index in [0.29, 0.717) is 19.5 Å². The Balaban J connectivity index is 3.29. The molecule has 0 bridgehead atoms. The summed E-state index contributed by atoms with van der Waals surface area (Å²) in [6.07, 6.45) is 20.3. The predicted molar refractivity (Wildman–Crippen MR) is 110 cm³/mol. The zero-order valence-corrected chi connectivity index (χ0v) is 17.4. The van der Waals surface area contributed by atoms with Crippen LogP contribution in [0.25, 0.3) is 0 Å². The number of rotatable bonds is 20. The van der Waals surface area contributed by atoms with Crippen LogP contribution < -0.4 is 0 Å². The Kier molecular flexibility index (Phi) is 20.2. The molecule has 0 fully saturated rings. The minimum Gasteiger partial charge on any atom is -0.395 e. The Morgan fingerprint density at radius 3 is 1.31 bits per heavy atom. The molecule has 0 aliphatic heterocycles. The highest BCUT2D eigenvalue weighted by Gasteiger charge is 2.11. The molecule has 0 radical (unpaired) electrons. The topological polar surface area (TPSA) is 60.8 Å². The number of hydrogen-bond acceptors (Lipinski definition) is 3. The lowest BCUT2D eigenvalue weighted by Crippen LogP contribution is -2.35. The molecule has 0 rings (SSSR count). The third-order valence-electron chi connectivity index (χ3n) is 5.09. The van der Waals surface area contributed by atoms with Crippen molar-refractivity contribution in [3.05, 3.63) is 0 Å². The van der Waals surface area contributed by atoms with Gasteiger partial charge in [0.15, 0.2) is 0 Å². The fourth-order valence-corrected chi connectivity index (χ4v) is 3.41. The Labute approximate surface area is 162 Å². The molecule has 0 aliphatic carbocycles. The molecule has 0 unspecified atom stereocenters. The molecule has 0 atom stereocenters. The van der Waals surface area contributed by atoms with Crippen LogP contribution in [-0.2, 0) is 4.79 Å². The highest BCUT2D eigenvalue weighted by atomic mass is 16.3. The van der Waals surface area contributed by atoms with Gasteiger partial charge in [-0.1, -0.05) is 96.8 Å². The van der Waals surface area contributed by atoms with Crippen molar-refractivity contribution in [3.63, 3.8) is 0 Å². The van der Waals surface area contributed by atoms with Crippen LogP contribution in [0.2, 0.25) is 0 Å². The van der Waals surface area contributed by atoms with E-state index >= 15 is 0 Å². The molecule has 0 aromatic heterocycles. The molecule has 0 aliphatic rings. The fraction of sp³-hybridized carbons (Fsp3) is 0.955. The predicted octanol–water partition coefficient (Wildman–Crippen LogP) is 5.06. The van der Waals surface area contributed by atoms with Gasteiger partial charge in [-0.15, -0.1) is 0 Å². The largest absolute Gasteiger partial charge is 0.395 e. The number of hydrogen-bond donors (Lipinski definition) is 2. The maximum Gasteiger partial charge on any atom is 0.222 e. The zero-order valence-electron chi connectivity index (χ0n) is 17.4. The van der Waals surface area contributed by atoms with E-state index in [1.165, 1.54) is 83.5 Å². The summed E-state index contributed by atoms with van der Waals surface area (Å²) in [5.74, 6) is 0.0581. The van der Waals surface area contributed by atoms with Crippen molar-refractivity contribution in [1.29, 1.82) is 0 Å². The third-order valence-corrected chi connectivity index (χ3v) is 5.09. The lowest BCUT2D eigenvalue weighted by atomic mass is 10.0. The lowest BCUT2D eigenvalue weighted by Gasteiger charge is -2.20. The van der Waals surface area contributed by atoms with Gasteiger partial charge in [0.2, 0.25) is 5.91 Å². The number of carbonyl (C=O) groups excluding carboxylic acids is 1. The van der Waals surface area contributed by atoms with Gasteiger partial charge in [0, 0.05) is 19.5 Å². The van der Waals surface area contributed by atoms with E-state index in [4.69, 9.17) is 10.2 Å². The SMILES string of the molecule is CCCCCCCCCCCCCCCCCC(=O)N(CCO)CCO. The summed E-state index contributed by atoms with van der Waals surface area (Å²) in [5.41, 5.74) is 0. The third kappa shape index (κ3) is 16.8. The van der Waals surface area contributed by atoms with Gasteiger partial charge in [-0.05, 0) is 6.42 Å². The highest BCUT2D eigenvalue weighted by molar-refractivity contribution is 5.76. The first-order valence-electron chi connectivity index (χ1n) is 11.3. The fourth-order valence-electron chi connectivity index (χ4n) is 3.41. The van der Waals surface area contributed by atoms with Crippen LogP contribution in [-0.4, -0.2) is 47.3 Å². The van der Waals surface area contributed by atoms with E-state index in [2.05, 4.69) is 6.92 Å². The van der Waals surface area contributed by atoms with Crippen LogP contribution in [0.15, 0.2) is 0 Å². The molecule has 156 valence electrons.